The lowest BCUT2D eigenvalue weighted by atomic mass is 9.94. The first kappa shape index (κ1) is 15.1. The number of benzene rings is 2. The summed E-state index contributed by atoms with van der Waals surface area (Å²) in [6.07, 6.45) is 1.01. The molecule has 1 aliphatic rings. The van der Waals surface area contributed by atoms with Crippen molar-refractivity contribution in [2.75, 3.05) is 11.4 Å². The molecule has 0 radical (unpaired) electrons. The van der Waals surface area contributed by atoms with Crippen molar-refractivity contribution in [2.45, 2.75) is 25.0 Å². The molecule has 1 heterocycles. The number of hydrogen-bond donors (Lipinski definition) is 1. The first-order valence-electron chi connectivity index (χ1n) is 7.38. The Morgan fingerprint density at radius 3 is 2.59 bits per heavy atom. The van der Waals surface area contributed by atoms with Crippen molar-refractivity contribution in [3.63, 3.8) is 0 Å². The van der Waals surface area contributed by atoms with E-state index in [1.54, 1.807) is 0 Å². The molecule has 0 saturated carbocycles. The molecule has 0 amide bonds. The third-order valence-corrected chi connectivity index (χ3v) is 4.65. The molecule has 1 aliphatic heterocycles. The van der Waals surface area contributed by atoms with Crippen LogP contribution >= 0.6 is 15.9 Å². The molecule has 2 atom stereocenters. The van der Waals surface area contributed by atoms with Crippen molar-refractivity contribution >= 4 is 21.6 Å². The zero-order chi connectivity index (χ0) is 15.5. The molecule has 0 bridgehead atoms. The smallest absolute Gasteiger partial charge is 0.164 e. The summed E-state index contributed by atoms with van der Waals surface area (Å²) >= 11 is 3.43. The van der Waals surface area contributed by atoms with Crippen LogP contribution in [-0.4, -0.2) is 17.8 Å². The maximum Gasteiger partial charge on any atom is 0.164 e. The highest BCUT2D eigenvalue weighted by Gasteiger charge is 2.30. The molecule has 0 spiro atoms. The number of nitriles is 1. The van der Waals surface area contributed by atoms with E-state index in [0.717, 1.165) is 35.1 Å². The SMILES string of the molecule is N#C[C@@H](O)[C@H](c1ccc(Br)cc1)N1CCCc2ccccc21. The Bertz CT molecular complexity index is 693. The van der Waals surface area contributed by atoms with E-state index in [2.05, 4.69) is 33.0 Å². The number of para-hydroxylation sites is 1. The Kier molecular flexibility index (Phi) is 4.47. The summed E-state index contributed by atoms with van der Waals surface area (Å²) in [5.74, 6) is 0. The fraction of sp³-hybridized carbons (Fsp3) is 0.278. The summed E-state index contributed by atoms with van der Waals surface area (Å²) in [6, 6.07) is 17.7. The minimum atomic E-state index is -1.06. The lowest BCUT2D eigenvalue weighted by Gasteiger charge is -2.39. The first-order valence-corrected chi connectivity index (χ1v) is 8.17. The van der Waals surface area contributed by atoms with Gasteiger partial charge in [-0.1, -0.05) is 46.3 Å². The first-order chi connectivity index (χ1) is 10.7. The maximum atomic E-state index is 10.3. The van der Waals surface area contributed by atoms with Crippen molar-refractivity contribution in [2.24, 2.45) is 0 Å². The Labute approximate surface area is 138 Å². The van der Waals surface area contributed by atoms with Gasteiger partial charge in [-0.3, -0.25) is 0 Å². The van der Waals surface area contributed by atoms with Crippen LogP contribution in [0.3, 0.4) is 0 Å². The van der Waals surface area contributed by atoms with Crippen LogP contribution in [0.4, 0.5) is 5.69 Å². The van der Waals surface area contributed by atoms with E-state index in [1.807, 2.05) is 42.5 Å². The average Bonchev–Trinajstić information content (AvgIpc) is 2.57. The normalized spacial score (nSPS) is 16.5. The highest BCUT2D eigenvalue weighted by atomic mass is 79.9. The van der Waals surface area contributed by atoms with E-state index in [-0.39, 0.29) is 6.04 Å². The Balaban J connectivity index is 2.04. The molecule has 4 heteroatoms. The van der Waals surface area contributed by atoms with Crippen LogP contribution in [0.5, 0.6) is 0 Å². The number of aliphatic hydroxyl groups excluding tert-OH is 1. The molecule has 0 fully saturated rings. The second-order valence-corrected chi connectivity index (χ2v) is 6.41. The minimum absolute atomic E-state index is 0.348. The van der Waals surface area contributed by atoms with Crippen molar-refractivity contribution < 1.29 is 5.11 Å². The van der Waals surface area contributed by atoms with Crippen LogP contribution in [0.2, 0.25) is 0 Å². The van der Waals surface area contributed by atoms with Crippen molar-refractivity contribution in [3.05, 3.63) is 64.1 Å². The summed E-state index contributed by atoms with van der Waals surface area (Å²) in [6.45, 7) is 0.844. The van der Waals surface area contributed by atoms with E-state index in [0.29, 0.717) is 0 Å². The Morgan fingerprint density at radius 1 is 1.14 bits per heavy atom. The fourth-order valence-corrected chi connectivity index (χ4v) is 3.38. The standard InChI is InChI=1S/C18H17BrN2O/c19-15-9-7-14(8-10-15)18(17(22)12-20)21-11-3-5-13-4-1-2-6-16(13)21/h1-2,4,6-10,17-18,22H,3,5,11H2/t17-,18+/m1/s1. The number of fused-ring (bicyclic) bond motifs is 1. The molecule has 3 rings (SSSR count). The molecule has 1 N–H and O–H groups in total. The van der Waals surface area contributed by atoms with Crippen LogP contribution in [0.15, 0.2) is 53.0 Å². The zero-order valence-electron chi connectivity index (χ0n) is 12.1. The molecule has 0 saturated heterocycles. The van der Waals surface area contributed by atoms with Gasteiger partial charge in [0, 0.05) is 16.7 Å². The predicted molar refractivity (Wildman–Crippen MR) is 90.6 cm³/mol. The van der Waals surface area contributed by atoms with Crippen LogP contribution in [0.25, 0.3) is 0 Å². The van der Waals surface area contributed by atoms with E-state index in [4.69, 9.17) is 0 Å². The number of nitrogens with zero attached hydrogens (tertiary/aromatic N) is 2. The molecule has 112 valence electrons. The van der Waals surface area contributed by atoms with Crippen molar-refractivity contribution in [3.8, 4) is 6.07 Å². The summed E-state index contributed by atoms with van der Waals surface area (Å²) in [5, 5.41) is 19.6. The third-order valence-electron chi connectivity index (χ3n) is 4.12. The number of hydrogen-bond acceptors (Lipinski definition) is 3. The van der Waals surface area contributed by atoms with Crippen molar-refractivity contribution in [1.29, 1.82) is 5.26 Å². The second-order valence-electron chi connectivity index (χ2n) is 5.50. The summed E-state index contributed by atoms with van der Waals surface area (Å²) in [5.41, 5.74) is 3.35. The zero-order valence-corrected chi connectivity index (χ0v) is 13.7. The highest BCUT2D eigenvalue weighted by Crippen LogP contribution is 2.36. The lowest BCUT2D eigenvalue weighted by Crippen LogP contribution is -2.39. The van der Waals surface area contributed by atoms with Crippen LogP contribution < -0.4 is 4.90 Å². The van der Waals surface area contributed by atoms with E-state index >= 15 is 0 Å². The molecular formula is C18H17BrN2O. The maximum absolute atomic E-state index is 10.3. The highest BCUT2D eigenvalue weighted by molar-refractivity contribution is 9.10. The van der Waals surface area contributed by atoms with Gasteiger partial charge < -0.3 is 10.0 Å². The number of halogens is 1. The number of anilines is 1. The molecular weight excluding hydrogens is 340 g/mol. The van der Waals surface area contributed by atoms with E-state index in [1.165, 1.54) is 5.56 Å². The molecule has 2 aromatic rings. The van der Waals surface area contributed by atoms with Gasteiger partial charge in [-0.15, -0.1) is 0 Å². The fourth-order valence-electron chi connectivity index (χ4n) is 3.11. The topological polar surface area (TPSA) is 47.3 Å². The monoisotopic (exact) mass is 356 g/mol. The quantitative estimate of drug-likeness (QED) is 0.850. The minimum Gasteiger partial charge on any atom is -0.376 e. The van der Waals surface area contributed by atoms with Gasteiger partial charge in [0.15, 0.2) is 6.10 Å². The van der Waals surface area contributed by atoms with Gasteiger partial charge >= 0.3 is 0 Å². The number of aryl methyl sites for hydroxylation is 1. The molecule has 0 aromatic heterocycles. The van der Waals surface area contributed by atoms with Crippen LogP contribution in [0, 0.1) is 11.3 Å². The van der Waals surface area contributed by atoms with Gasteiger partial charge in [0.25, 0.3) is 0 Å². The molecule has 3 nitrogen and oxygen atoms in total. The second kappa shape index (κ2) is 6.51. The molecule has 0 aliphatic carbocycles. The summed E-state index contributed by atoms with van der Waals surface area (Å²) in [7, 11) is 0. The van der Waals surface area contributed by atoms with Gasteiger partial charge in [-0.05, 0) is 42.2 Å². The largest absolute Gasteiger partial charge is 0.376 e. The number of rotatable bonds is 3. The van der Waals surface area contributed by atoms with Crippen molar-refractivity contribution in [1.82, 2.24) is 0 Å². The average molecular weight is 357 g/mol. The van der Waals surface area contributed by atoms with E-state index in [9.17, 15) is 10.4 Å². The lowest BCUT2D eigenvalue weighted by molar-refractivity contribution is 0.192. The van der Waals surface area contributed by atoms with Gasteiger partial charge in [0.1, 0.15) is 0 Å². The Hall–Kier alpha value is -1.83. The third kappa shape index (κ3) is 2.87. The van der Waals surface area contributed by atoms with E-state index < -0.39 is 6.10 Å². The predicted octanol–water partition coefficient (Wildman–Crippen LogP) is 3.83. The molecule has 2 aromatic carbocycles. The van der Waals surface area contributed by atoms with Gasteiger partial charge in [0.05, 0.1) is 12.1 Å². The van der Waals surface area contributed by atoms with Crippen LogP contribution in [-0.2, 0) is 6.42 Å². The Morgan fingerprint density at radius 2 is 1.86 bits per heavy atom. The summed E-state index contributed by atoms with van der Waals surface area (Å²) in [4.78, 5) is 2.16. The summed E-state index contributed by atoms with van der Waals surface area (Å²) < 4.78 is 0.987. The van der Waals surface area contributed by atoms with Gasteiger partial charge in [-0.2, -0.15) is 5.26 Å². The van der Waals surface area contributed by atoms with Gasteiger partial charge in [-0.25, -0.2) is 0 Å². The molecule has 0 unspecified atom stereocenters. The van der Waals surface area contributed by atoms with Gasteiger partial charge in [0.2, 0.25) is 0 Å². The number of aliphatic hydroxyl groups is 1. The molecule has 22 heavy (non-hydrogen) atoms. The van der Waals surface area contributed by atoms with Crippen LogP contribution in [0.1, 0.15) is 23.6 Å².